The summed E-state index contributed by atoms with van der Waals surface area (Å²) in [6.07, 6.45) is 6.73. The Hall–Kier alpha value is -3.19. The van der Waals surface area contributed by atoms with E-state index in [1.165, 1.54) is 11.3 Å². The number of benzene rings is 1. The minimum atomic E-state index is 0.845. The van der Waals surface area contributed by atoms with Crippen LogP contribution in [0.15, 0.2) is 54.4 Å². The third-order valence-electron chi connectivity index (χ3n) is 5.23. The van der Waals surface area contributed by atoms with E-state index < -0.39 is 0 Å². The molecule has 3 heterocycles. The van der Waals surface area contributed by atoms with Gasteiger partial charge in [0.25, 0.3) is 0 Å². The zero-order valence-corrected chi connectivity index (χ0v) is 19.3. The van der Waals surface area contributed by atoms with E-state index in [4.69, 9.17) is 4.98 Å². The van der Waals surface area contributed by atoms with Gasteiger partial charge in [0.15, 0.2) is 5.13 Å². The van der Waals surface area contributed by atoms with Crippen LogP contribution in [0.25, 0.3) is 17.1 Å². The lowest BCUT2D eigenvalue weighted by Gasteiger charge is -2.23. The average molecular weight is 433 g/mol. The van der Waals surface area contributed by atoms with Gasteiger partial charge in [-0.2, -0.15) is 0 Å². The molecule has 0 fully saturated rings. The van der Waals surface area contributed by atoms with Crippen LogP contribution in [-0.4, -0.2) is 32.6 Å². The molecule has 0 saturated heterocycles. The van der Waals surface area contributed by atoms with Gasteiger partial charge in [-0.25, -0.2) is 15.0 Å². The Morgan fingerprint density at radius 1 is 1.10 bits per heavy atom. The van der Waals surface area contributed by atoms with Gasteiger partial charge in [0.1, 0.15) is 12.1 Å². The summed E-state index contributed by atoms with van der Waals surface area (Å²) in [4.78, 5) is 16.0. The van der Waals surface area contributed by atoms with Crippen LogP contribution in [0.4, 0.5) is 16.5 Å². The molecular weight excluding hydrogens is 404 g/mol. The monoisotopic (exact) mass is 432 g/mol. The molecule has 4 rings (SSSR count). The third-order valence-corrected chi connectivity index (χ3v) is 5.98. The van der Waals surface area contributed by atoms with Crippen molar-refractivity contribution >= 4 is 27.8 Å². The largest absolute Gasteiger partial charge is 0.372 e. The molecule has 0 saturated carbocycles. The van der Waals surface area contributed by atoms with Gasteiger partial charge in [0.2, 0.25) is 0 Å². The van der Waals surface area contributed by atoms with E-state index in [0.717, 1.165) is 53.1 Å². The summed E-state index contributed by atoms with van der Waals surface area (Å²) in [5.41, 5.74) is 6.42. The molecule has 160 valence electrons. The lowest BCUT2D eigenvalue weighted by atomic mass is 10.1. The fraction of sp³-hybridized carbons (Fsp3) is 0.292. The van der Waals surface area contributed by atoms with Gasteiger partial charge in [0, 0.05) is 47.8 Å². The van der Waals surface area contributed by atoms with Gasteiger partial charge >= 0.3 is 0 Å². The number of pyridine rings is 1. The van der Waals surface area contributed by atoms with Crippen molar-refractivity contribution in [1.29, 1.82) is 0 Å². The van der Waals surface area contributed by atoms with Crippen LogP contribution in [-0.2, 0) is 0 Å². The Balaban J connectivity index is 1.52. The Morgan fingerprint density at radius 3 is 2.65 bits per heavy atom. The highest BCUT2D eigenvalue weighted by Crippen LogP contribution is 2.30. The second kappa shape index (κ2) is 9.31. The van der Waals surface area contributed by atoms with Gasteiger partial charge in [-0.15, -0.1) is 11.3 Å². The molecule has 6 nitrogen and oxygen atoms in total. The number of anilines is 3. The van der Waals surface area contributed by atoms with E-state index in [1.54, 1.807) is 17.7 Å². The van der Waals surface area contributed by atoms with Crippen molar-refractivity contribution in [2.75, 3.05) is 23.3 Å². The Kier molecular flexibility index (Phi) is 6.32. The second-order valence-corrected chi connectivity index (χ2v) is 8.43. The highest BCUT2D eigenvalue weighted by atomic mass is 32.1. The third kappa shape index (κ3) is 4.77. The normalized spacial score (nSPS) is 11.0. The molecule has 0 radical (unpaired) electrons. The molecule has 1 N–H and O–H groups in total. The number of hydrogen-bond donors (Lipinski definition) is 1. The number of aromatic nitrogens is 4. The lowest BCUT2D eigenvalue weighted by Crippen LogP contribution is -2.23. The average Bonchev–Trinajstić information content (AvgIpc) is 3.43. The number of aryl methyl sites for hydroxylation is 2. The van der Waals surface area contributed by atoms with Crippen LogP contribution in [0.1, 0.15) is 31.5 Å². The van der Waals surface area contributed by atoms with E-state index in [2.05, 4.69) is 64.5 Å². The van der Waals surface area contributed by atoms with E-state index in [-0.39, 0.29) is 0 Å². The number of imidazole rings is 1. The maximum atomic E-state index is 4.79. The van der Waals surface area contributed by atoms with Crippen LogP contribution in [0, 0.1) is 13.8 Å². The summed E-state index contributed by atoms with van der Waals surface area (Å²) >= 11 is 1.60. The molecule has 0 aliphatic carbocycles. The van der Waals surface area contributed by atoms with E-state index in [0.29, 0.717) is 0 Å². The minimum absolute atomic E-state index is 0.845. The molecule has 7 heteroatoms. The van der Waals surface area contributed by atoms with Crippen molar-refractivity contribution in [1.82, 2.24) is 19.5 Å². The fourth-order valence-corrected chi connectivity index (χ4v) is 4.23. The summed E-state index contributed by atoms with van der Waals surface area (Å²) in [6, 6.07) is 10.6. The summed E-state index contributed by atoms with van der Waals surface area (Å²) in [5, 5.41) is 6.45. The van der Waals surface area contributed by atoms with Gasteiger partial charge in [0.05, 0.1) is 11.4 Å². The van der Waals surface area contributed by atoms with Gasteiger partial charge in [-0.05, 0) is 57.0 Å². The standard InChI is InChI=1S/C24H28N6S/c1-5-11-29(6-2)20-9-7-17(3)21(12-20)27-24-28-22(15-31-24)19-8-10-23(25-13-19)30-14-18(4)26-16-30/h7-10,12-16H,5-6,11H2,1-4H3,(H,27,28). The highest BCUT2D eigenvalue weighted by molar-refractivity contribution is 7.14. The van der Waals surface area contributed by atoms with Crippen LogP contribution >= 0.6 is 11.3 Å². The van der Waals surface area contributed by atoms with Crippen molar-refractivity contribution in [3.8, 4) is 17.1 Å². The SMILES string of the molecule is CCCN(CC)c1ccc(C)c(Nc2nc(-c3ccc(-n4cnc(C)c4)nc3)cs2)c1. The summed E-state index contributed by atoms with van der Waals surface area (Å²) in [7, 11) is 0. The number of hydrogen-bond acceptors (Lipinski definition) is 6. The number of rotatable bonds is 8. The van der Waals surface area contributed by atoms with Crippen LogP contribution < -0.4 is 10.2 Å². The first kappa shape index (κ1) is 21.1. The van der Waals surface area contributed by atoms with Crippen molar-refractivity contribution < 1.29 is 0 Å². The molecule has 0 unspecified atom stereocenters. The predicted octanol–water partition coefficient (Wildman–Crippen LogP) is 5.99. The van der Waals surface area contributed by atoms with Crippen LogP contribution in [0.3, 0.4) is 0 Å². The maximum absolute atomic E-state index is 4.79. The Bertz CT molecular complexity index is 1150. The predicted molar refractivity (Wildman–Crippen MR) is 130 cm³/mol. The smallest absolute Gasteiger partial charge is 0.187 e. The first-order valence-electron chi connectivity index (χ1n) is 10.6. The first-order valence-corrected chi connectivity index (χ1v) is 11.5. The molecule has 0 atom stereocenters. The van der Waals surface area contributed by atoms with Gasteiger partial charge in [-0.3, -0.25) is 4.57 Å². The van der Waals surface area contributed by atoms with E-state index >= 15 is 0 Å². The molecule has 0 aliphatic heterocycles. The maximum Gasteiger partial charge on any atom is 0.187 e. The number of nitrogens with one attached hydrogen (secondary N) is 1. The Morgan fingerprint density at radius 2 is 1.97 bits per heavy atom. The molecule has 0 spiro atoms. The molecule has 3 aromatic heterocycles. The zero-order chi connectivity index (χ0) is 21.8. The van der Waals surface area contributed by atoms with Crippen molar-refractivity contribution in [2.24, 2.45) is 0 Å². The van der Waals surface area contributed by atoms with Crippen molar-refractivity contribution in [2.45, 2.75) is 34.1 Å². The molecule has 1 aromatic carbocycles. The molecule has 4 aromatic rings. The number of thiazole rings is 1. The lowest BCUT2D eigenvalue weighted by molar-refractivity contribution is 0.792. The topological polar surface area (TPSA) is 58.9 Å². The zero-order valence-electron chi connectivity index (χ0n) is 18.5. The first-order chi connectivity index (χ1) is 15.1. The van der Waals surface area contributed by atoms with Gasteiger partial charge in [-0.1, -0.05) is 13.0 Å². The van der Waals surface area contributed by atoms with Crippen LogP contribution in [0.5, 0.6) is 0 Å². The highest BCUT2D eigenvalue weighted by Gasteiger charge is 2.10. The molecule has 0 aliphatic rings. The molecule has 31 heavy (non-hydrogen) atoms. The molecular formula is C24H28N6S. The molecule has 0 amide bonds. The summed E-state index contributed by atoms with van der Waals surface area (Å²) in [6.45, 7) is 10.6. The fourth-order valence-electron chi connectivity index (χ4n) is 3.50. The molecule has 0 bridgehead atoms. The van der Waals surface area contributed by atoms with Gasteiger partial charge < -0.3 is 10.2 Å². The van der Waals surface area contributed by atoms with E-state index in [9.17, 15) is 0 Å². The van der Waals surface area contributed by atoms with Crippen molar-refractivity contribution in [3.05, 3.63) is 65.7 Å². The van der Waals surface area contributed by atoms with Crippen molar-refractivity contribution in [3.63, 3.8) is 0 Å². The second-order valence-electron chi connectivity index (χ2n) is 7.57. The van der Waals surface area contributed by atoms with E-state index in [1.807, 2.05) is 36.0 Å². The number of nitrogens with zero attached hydrogens (tertiary/aromatic N) is 5. The quantitative estimate of drug-likeness (QED) is 0.371. The Labute approximate surface area is 187 Å². The summed E-state index contributed by atoms with van der Waals surface area (Å²) in [5.74, 6) is 0.845. The van der Waals surface area contributed by atoms with Crippen LogP contribution in [0.2, 0.25) is 0 Å². The minimum Gasteiger partial charge on any atom is -0.372 e. The summed E-state index contributed by atoms with van der Waals surface area (Å²) < 4.78 is 1.92.